The van der Waals surface area contributed by atoms with Gasteiger partial charge in [0.25, 0.3) is 0 Å². The first kappa shape index (κ1) is 14.7. The molecule has 0 unspecified atom stereocenters. The molecule has 20 heavy (non-hydrogen) atoms. The highest BCUT2D eigenvalue weighted by Gasteiger charge is 2.16. The minimum atomic E-state index is -0.686. The van der Waals surface area contributed by atoms with Crippen molar-refractivity contribution in [2.45, 2.75) is 20.0 Å². The van der Waals surface area contributed by atoms with Crippen molar-refractivity contribution in [3.8, 4) is 17.2 Å². The summed E-state index contributed by atoms with van der Waals surface area (Å²) in [6.07, 6.45) is -0.686. The van der Waals surface area contributed by atoms with Crippen molar-refractivity contribution in [3.05, 3.63) is 52.5 Å². The summed E-state index contributed by atoms with van der Waals surface area (Å²) in [6.45, 7) is 3.60. The van der Waals surface area contributed by atoms with Crippen LogP contribution in [0.5, 0.6) is 17.2 Å². The molecule has 3 nitrogen and oxygen atoms in total. The van der Waals surface area contributed by atoms with Gasteiger partial charge in [-0.25, -0.2) is 0 Å². The van der Waals surface area contributed by atoms with Gasteiger partial charge in [-0.15, -0.1) is 0 Å². The van der Waals surface area contributed by atoms with E-state index in [9.17, 15) is 5.11 Å². The van der Waals surface area contributed by atoms with Gasteiger partial charge in [0.2, 0.25) is 0 Å². The van der Waals surface area contributed by atoms with E-state index in [0.717, 1.165) is 5.56 Å². The Labute approximate surface area is 123 Å². The van der Waals surface area contributed by atoms with Gasteiger partial charge in [-0.2, -0.15) is 0 Å². The summed E-state index contributed by atoms with van der Waals surface area (Å²) in [5.74, 6) is 1.87. The quantitative estimate of drug-likeness (QED) is 0.901. The molecule has 2 aromatic carbocycles. The number of ether oxygens (including phenoxy) is 2. The van der Waals surface area contributed by atoms with Crippen LogP contribution in [0, 0.1) is 6.92 Å². The molecule has 0 saturated carbocycles. The summed E-state index contributed by atoms with van der Waals surface area (Å²) >= 11 is 5.93. The zero-order chi connectivity index (χ0) is 14.7. The largest absolute Gasteiger partial charge is 0.496 e. The van der Waals surface area contributed by atoms with Crippen LogP contribution < -0.4 is 9.47 Å². The Morgan fingerprint density at radius 3 is 2.40 bits per heavy atom. The average molecular weight is 293 g/mol. The summed E-state index contributed by atoms with van der Waals surface area (Å²) in [5.41, 5.74) is 1.56. The van der Waals surface area contributed by atoms with Crippen LogP contribution in [0.3, 0.4) is 0 Å². The highest BCUT2D eigenvalue weighted by molar-refractivity contribution is 6.30. The number of hydrogen-bond acceptors (Lipinski definition) is 3. The van der Waals surface area contributed by atoms with Gasteiger partial charge >= 0.3 is 0 Å². The van der Waals surface area contributed by atoms with Crippen LogP contribution in [0.25, 0.3) is 0 Å². The topological polar surface area (TPSA) is 38.7 Å². The van der Waals surface area contributed by atoms with Gasteiger partial charge in [0, 0.05) is 5.02 Å². The molecule has 2 rings (SSSR count). The lowest BCUT2D eigenvalue weighted by Crippen LogP contribution is -2.00. The molecule has 2 aromatic rings. The Kier molecular flexibility index (Phi) is 4.53. The predicted octanol–water partition coefficient (Wildman–Crippen LogP) is 4.50. The van der Waals surface area contributed by atoms with Crippen molar-refractivity contribution in [1.29, 1.82) is 0 Å². The average Bonchev–Trinajstić information content (AvgIpc) is 2.41. The Balaban J connectivity index is 2.43. The van der Waals surface area contributed by atoms with Crippen molar-refractivity contribution in [2.75, 3.05) is 7.11 Å². The number of methoxy groups -OCH3 is 1. The summed E-state index contributed by atoms with van der Waals surface area (Å²) in [5, 5.41) is 10.6. The van der Waals surface area contributed by atoms with Crippen LogP contribution in [0.15, 0.2) is 36.4 Å². The lowest BCUT2D eigenvalue weighted by molar-refractivity contribution is 0.190. The van der Waals surface area contributed by atoms with Crippen LogP contribution in [-0.2, 0) is 0 Å². The summed E-state index contributed by atoms with van der Waals surface area (Å²) in [6, 6.07) is 10.8. The summed E-state index contributed by atoms with van der Waals surface area (Å²) in [4.78, 5) is 0. The highest BCUT2D eigenvalue weighted by atomic mass is 35.5. The molecule has 0 radical (unpaired) electrons. The van der Waals surface area contributed by atoms with E-state index in [1.165, 1.54) is 0 Å². The first-order chi connectivity index (χ1) is 9.52. The highest BCUT2D eigenvalue weighted by Crippen LogP contribution is 2.37. The molecular weight excluding hydrogens is 276 g/mol. The number of benzene rings is 2. The number of aryl methyl sites for hydroxylation is 1. The molecule has 0 bridgehead atoms. The number of hydrogen-bond donors (Lipinski definition) is 1. The SMILES string of the molecule is COc1cccc(Oc2ccc(Cl)cc2C)c1[C@@H](C)O. The predicted molar refractivity (Wildman–Crippen MR) is 79.9 cm³/mol. The van der Waals surface area contributed by atoms with Gasteiger partial charge in [-0.3, -0.25) is 0 Å². The molecule has 0 saturated heterocycles. The maximum Gasteiger partial charge on any atom is 0.136 e. The minimum Gasteiger partial charge on any atom is -0.496 e. The van der Waals surface area contributed by atoms with Crippen LogP contribution in [0.2, 0.25) is 5.02 Å². The molecule has 0 aliphatic heterocycles. The van der Waals surface area contributed by atoms with Crippen molar-refractivity contribution in [2.24, 2.45) is 0 Å². The second-order valence-electron chi connectivity index (χ2n) is 4.56. The molecule has 0 aliphatic carbocycles. The maximum atomic E-state index is 9.93. The molecular formula is C16H17ClO3. The lowest BCUT2D eigenvalue weighted by atomic mass is 10.1. The molecule has 1 atom stereocenters. The van der Waals surface area contributed by atoms with Gasteiger partial charge < -0.3 is 14.6 Å². The molecule has 0 fully saturated rings. The zero-order valence-electron chi connectivity index (χ0n) is 11.7. The Hall–Kier alpha value is -1.71. The van der Waals surface area contributed by atoms with Crippen molar-refractivity contribution in [3.63, 3.8) is 0 Å². The first-order valence-electron chi connectivity index (χ1n) is 6.32. The third-order valence-corrected chi connectivity index (χ3v) is 3.26. The molecule has 106 valence electrons. The molecule has 0 spiro atoms. The normalized spacial score (nSPS) is 12.1. The van der Waals surface area contributed by atoms with Crippen molar-refractivity contribution >= 4 is 11.6 Å². The molecule has 0 heterocycles. The fourth-order valence-electron chi connectivity index (χ4n) is 2.05. The van der Waals surface area contributed by atoms with Crippen LogP contribution in [0.1, 0.15) is 24.2 Å². The zero-order valence-corrected chi connectivity index (χ0v) is 12.4. The molecule has 0 aliphatic rings. The van der Waals surface area contributed by atoms with E-state index in [-0.39, 0.29) is 0 Å². The van der Waals surface area contributed by atoms with E-state index >= 15 is 0 Å². The van der Waals surface area contributed by atoms with E-state index < -0.39 is 6.10 Å². The van der Waals surface area contributed by atoms with Gasteiger partial charge in [0.15, 0.2) is 0 Å². The third-order valence-electron chi connectivity index (χ3n) is 3.02. The van der Waals surface area contributed by atoms with Crippen molar-refractivity contribution < 1.29 is 14.6 Å². The van der Waals surface area contributed by atoms with E-state index in [1.54, 1.807) is 32.2 Å². The van der Waals surface area contributed by atoms with E-state index in [1.807, 2.05) is 25.1 Å². The maximum absolute atomic E-state index is 9.93. The van der Waals surface area contributed by atoms with Gasteiger partial charge in [-0.05, 0) is 49.7 Å². The summed E-state index contributed by atoms with van der Waals surface area (Å²) in [7, 11) is 1.57. The Morgan fingerprint density at radius 1 is 1.10 bits per heavy atom. The first-order valence-corrected chi connectivity index (χ1v) is 6.69. The molecule has 1 N–H and O–H groups in total. The fraction of sp³-hybridized carbons (Fsp3) is 0.250. The molecule has 0 amide bonds. The van der Waals surface area contributed by atoms with Gasteiger partial charge in [-0.1, -0.05) is 17.7 Å². The lowest BCUT2D eigenvalue weighted by Gasteiger charge is -2.17. The van der Waals surface area contributed by atoms with E-state index in [4.69, 9.17) is 21.1 Å². The van der Waals surface area contributed by atoms with Gasteiger partial charge in [0.05, 0.1) is 18.8 Å². The Bertz CT molecular complexity index is 609. The fourth-order valence-corrected chi connectivity index (χ4v) is 2.28. The number of aliphatic hydroxyl groups is 1. The monoisotopic (exact) mass is 292 g/mol. The van der Waals surface area contributed by atoms with E-state index in [0.29, 0.717) is 27.8 Å². The molecule has 4 heteroatoms. The van der Waals surface area contributed by atoms with E-state index in [2.05, 4.69) is 0 Å². The smallest absolute Gasteiger partial charge is 0.136 e. The van der Waals surface area contributed by atoms with Crippen LogP contribution in [0.4, 0.5) is 0 Å². The summed E-state index contributed by atoms with van der Waals surface area (Å²) < 4.78 is 11.2. The van der Waals surface area contributed by atoms with Crippen LogP contribution in [-0.4, -0.2) is 12.2 Å². The minimum absolute atomic E-state index is 0.574. The van der Waals surface area contributed by atoms with Crippen molar-refractivity contribution in [1.82, 2.24) is 0 Å². The standard InChI is InChI=1S/C16H17ClO3/c1-10-9-12(17)7-8-13(10)20-15-6-4-5-14(19-3)16(15)11(2)18/h4-9,11,18H,1-3H3/t11-/m1/s1. The second kappa shape index (κ2) is 6.16. The third kappa shape index (κ3) is 3.06. The number of aliphatic hydroxyl groups excluding tert-OH is 1. The molecule has 0 aromatic heterocycles. The van der Waals surface area contributed by atoms with Crippen LogP contribution >= 0.6 is 11.6 Å². The Morgan fingerprint density at radius 2 is 1.80 bits per heavy atom. The number of rotatable bonds is 4. The number of halogens is 1. The second-order valence-corrected chi connectivity index (χ2v) is 5.00. The van der Waals surface area contributed by atoms with Gasteiger partial charge in [0.1, 0.15) is 17.2 Å².